The van der Waals surface area contributed by atoms with Crippen molar-refractivity contribution in [2.75, 3.05) is 52.2 Å². The summed E-state index contributed by atoms with van der Waals surface area (Å²) in [6.07, 6.45) is 0. The molecule has 0 saturated carbocycles. The normalized spacial score (nSPS) is 17.6. The highest BCUT2D eigenvalue weighted by molar-refractivity contribution is 5.47. The van der Waals surface area contributed by atoms with Crippen LogP contribution in [-0.2, 0) is 6.54 Å². The topological polar surface area (TPSA) is 62.0 Å². The molecule has 0 amide bonds. The Morgan fingerprint density at radius 3 is 2.47 bits per heavy atom. The maximum atomic E-state index is 8.92. The van der Waals surface area contributed by atoms with Crippen LogP contribution in [0.1, 0.15) is 5.56 Å². The van der Waals surface area contributed by atoms with Gasteiger partial charge in [-0.2, -0.15) is 0 Å². The molecular formula is C14H23N3O2. The van der Waals surface area contributed by atoms with Crippen molar-refractivity contribution in [3.63, 3.8) is 0 Å². The Kier molecular flexibility index (Phi) is 5.01. The van der Waals surface area contributed by atoms with Gasteiger partial charge in [-0.15, -0.1) is 0 Å². The van der Waals surface area contributed by atoms with Crippen molar-refractivity contribution in [2.24, 2.45) is 0 Å². The number of hydrogen-bond donors (Lipinski definition) is 2. The maximum absolute atomic E-state index is 8.92. The molecule has 1 aromatic rings. The van der Waals surface area contributed by atoms with Crippen molar-refractivity contribution in [2.45, 2.75) is 6.54 Å². The number of nitrogen functional groups attached to an aromatic ring is 1. The molecule has 1 fully saturated rings. The molecule has 0 aromatic heterocycles. The summed E-state index contributed by atoms with van der Waals surface area (Å²) in [5, 5.41) is 8.92. The van der Waals surface area contributed by atoms with E-state index >= 15 is 0 Å². The Labute approximate surface area is 114 Å². The summed E-state index contributed by atoms with van der Waals surface area (Å²) < 4.78 is 5.24. The zero-order valence-electron chi connectivity index (χ0n) is 11.5. The molecule has 1 heterocycles. The van der Waals surface area contributed by atoms with Crippen molar-refractivity contribution >= 4 is 5.69 Å². The third kappa shape index (κ3) is 4.09. The molecule has 1 aromatic carbocycles. The number of methoxy groups -OCH3 is 1. The fourth-order valence-electron chi connectivity index (χ4n) is 2.47. The van der Waals surface area contributed by atoms with E-state index in [1.54, 1.807) is 7.11 Å². The third-order valence-corrected chi connectivity index (χ3v) is 3.51. The molecule has 106 valence electrons. The predicted molar refractivity (Wildman–Crippen MR) is 76.2 cm³/mol. The van der Waals surface area contributed by atoms with E-state index in [4.69, 9.17) is 15.6 Å². The summed E-state index contributed by atoms with van der Waals surface area (Å²) >= 11 is 0. The van der Waals surface area contributed by atoms with Crippen LogP contribution in [0.25, 0.3) is 0 Å². The summed E-state index contributed by atoms with van der Waals surface area (Å²) in [5.41, 5.74) is 7.80. The Morgan fingerprint density at radius 1 is 1.16 bits per heavy atom. The van der Waals surface area contributed by atoms with Crippen LogP contribution in [0, 0.1) is 0 Å². The van der Waals surface area contributed by atoms with E-state index in [2.05, 4.69) is 9.80 Å². The number of anilines is 1. The average molecular weight is 265 g/mol. The second-order valence-electron chi connectivity index (χ2n) is 4.96. The molecule has 1 aliphatic heterocycles. The van der Waals surface area contributed by atoms with Crippen LogP contribution in [0.2, 0.25) is 0 Å². The Balaban J connectivity index is 1.90. The molecule has 0 spiro atoms. The van der Waals surface area contributed by atoms with Crippen molar-refractivity contribution in [3.05, 3.63) is 23.8 Å². The minimum Gasteiger partial charge on any atom is -0.497 e. The quantitative estimate of drug-likeness (QED) is 0.754. The smallest absolute Gasteiger partial charge is 0.121 e. The average Bonchev–Trinajstić information content (AvgIpc) is 2.40. The number of aliphatic hydroxyl groups is 1. The monoisotopic (exact) mass is 265 g/mol. The van der Waals surface area contributed by atoms with E-state index in [0.717, 1.165) is 50.7 Å². The summed E-state index contributed by atoms with van der Waals surface area (Å²) in [6, 6.07) is 5.88. The standard InChI is InChI=1S/C14H23N3O2/c1-19-14-9-12(8-13(15)10-14)11-17-4-2-16(3-5-17)6-7-18/h8-10,18H,2-7,11,15H2,1H3. The lowest BCUT2D eigenvalue weighted by Gasteiger charge is -2.34. The van der Waals surface area contributed by atoms with Crippen LogP contribution in [0.5, 0.6) is 5.75 Å². The summed E-state index contributed by atoms with van der Waals surface area (Å²) in [5.74, 6) is 0.814. The lowest BCUT2D eigenvalue weighted by Crippen LogP contribution is -2.46. The number of piperazine rings is 1. The fraction of sp³-hybridized carbons (Fsp3) is 0.571. The number of β-amino-alcohol motifs (C(OH)–C–C–N with tert-alkyl or cyclic N) is 1. The first-order valence-corrected chi connectivity index (χ1v) is 6.70. The number of rotatable bonds is 5. The highest BCUT2D eigenvalue weighted by Crippen LogP contribution is 2.20. The second kappa shape index (κ2) is 6.75. The van der Waals surface area contributed by atoms with Gasteiger partial charge in [0.05, 0.1) is 13.7 Å². The van der Waals surface area contributed by atoms with Gasteiger partial charge in [0.1, 0.15) is 5.75 Å². The number of ether oxygens (including phenoxy) is 1. The molecule has 0 radical (unpaired) electrons. The lowest BCUT2D eigenvalue weighted by molar-refractivity contribution is 0.108. The van der Waals surface area contributed by atoms with Crippen LogP contribution in [-0.4, -0.2) is 61.3 Å². The van der Waals surface area contributed by atoms with E-state index in [0.29, 0.717) is 0 Å². The van der Waals surface area contributed by atoms with Gasteiger partial charge in [-0.05, 0) is 17.7 Å². The highest BCUT2D eigenvalue weighted by atomic mass is 16.5. The van der Waals surface area contributed by atoms with Crippen molar-refractivity contribution in [3.8, 4) is 5.75 Å². The van der Waals surface area contributed by atoms with Gasteiger partial charge in [0.25, 0.3) is 0 Å². The van der Waals surface area contributed by atoms with Gasteiger partial charge in [-0.25, -0.2) is 0 Å². The lowest BCUT2D eigenvalue weighted by atomic mass is 10.1. The molecule has 1 aliphatic rings. The first-order chi connectivity index (χ1) is 9.21. The van der Waals surface area contributed by atoms with Crippen LogP contribution in [0.15, 0.2) is 18.2 Å². The van der Waals surface area contributed by atoms with E-state index in [9.17, 15) is 0 Å². The Morgan fingerprint density at radius 2 is 1.84 bits per heavy atom. The van der Waals surface area contributed by atoms with E-state index in [-0.39, 0.29) is 6.61 Å². The molecule has 0 bridgehead atoms. The summed E-state index contributed by atoms with van der Waals surface area (Å²) in [7, 11) is 1.66. The maximum Gasteiger partial charge on any atom is 0.121 e. The summed E-state index contributed by atoms with van der Waals surface area (Å²) in [4.78, 5) is 4.69. The zero-order chi connectivity index (χ0) is 13.7. The van der Waals surface area contributed by atoms with Crippen LogP contribution < -0.4 is 10.5 Å². The fourth-order valence-corrected chi connectivity index (χ4v) is 2.47. The summed E-state index contributed by atoms with van der Waals surface area (Å²) in [6.45, 7) is 6.00. The van der Waals surface area contributed by atoms with E-state index < -0.39 is 0 Å². The number of nitrogens with zero attached hydrogens (tertiary/aromatic N) is 2. The van der Waals surface area contributed by atoms with Crippen LogP contribution >= 0.6 is 0 Å². The molecule has 0 atom stereocenters. The van der Waals surface area contributed by atoms with E-state index in [1.807, 2.05) is 18.2 Å². The molecule has 0 unspecified atom stereocenters. The predicted octanol–water partition coefficient (Wildman–Crippen LogP) is 0.387. The second-order valence-corrected chi connectivity index (χ2v) is 4.96. The van der Waals surface area contributed by atoms with Crippen molar-refractivity contribution in [1.29, 1.82) is 0 Å². The molecule has 2 rings (SSSR count). The minimum absolute atomic E-state index is 0.242. The van der Waals surface area contributed by atoms with Gasteiger partial charge in [-0.3, -0.25) is 9.80 Å². The van der Waals surface area contributed by atoms with Crippen molar-refractivity contribution in [1.82, 2.24) is 9.80 Å². The van der Waals surface area contributed by atoms with Crippen LogP contribution in [0.3, 0.4) is 0 Å². The van der Waals surface area contributed by atoms with Gasteiger partial charge in [0.2, 0.25) is 0 Å². The van der Waals surface area contributed by atoms with Gasteiger partial charge < -0.3 is 15.6 Å². The molecule has 3 N–H and O–H groups in total. The van der Waals surface area contributed by atoms with E-state index in [1.165, 1.54) is 5.56 Å². The number of aliphatic hydroxyl groups excluding tert-OH is 1. The van der Waals surface area contributed by atoms with Gasteiger partial charge >= 0.3 is 0 Å². The zero-order valence-corrected chi connectivity index (χ0v) is 11.5. The molecular weight excluding hydrogens is 242 g/mol. The molecule has 19 heavy (non-hydrogen) atoms. The molecule has 0 aliphatic carbocycles. The number of hydrogen-bond acceptors (Lipinski definition) is 5. The van der Waals surface area contributed by atoms with Gasteiger partial charge in [0, 0.05) is 51.0 Å². The molecule has 5 nitrogen and oxygen atoms in total. The number of benzene rings is 1. The first kappa shape index (κ1) is 14.1. The van der Waals surface area contributed by atoms with Crippen LogP contribution in [0.4, 0.5) is 5.69 Å². The van der Waals surface area contributed by atoms with Gasteiger partial charge in [-0.1, -0.05) is 0 Å². The largest absolute Gasteiger partial charge is 0.497 e. The first-order valence-electron chi connectivity index (χ1n) is 6.70. The van der Waals surface area contributed by atoms with Gasteiger partial charge in [0.15, 0.2) is 0 Å². The Bertz CT molecular complexity index is 404. The minimum atomic E-state index is 0.242. The highest BCUT2D eigenvalue weighted by Gasteiger charge is 2.16. The number of nitrogens with two attached hydrogens (primary N) is 1. The van der Waals surface area contributed by atoms with Crippen molar-refractivity contribution < 1.29 is 9.84 Å². The molecule has 1 saturated heterocycles. The molecule has 5 heteroatoms. The Hall–Kier alpha value is -1.30. The third-order valence-electron chi connectivity index (χ3n) is 3.51. The SMILES string of the molecule is COc1cc(N)cc(CN2CCN(CCO)CC2)c1.